The molecule has 3 rings (SSSR count). The first-order valence-electron chi connectivity index (χ1n) is 8.56. The van der Waals surface area contributed by atoms with Crippen LogP contribution in [0, 0.1) is 0 Å². The highest BCUT2D eigenvalue weighted by Gasteiger charge is 2.16. The number of anilines is 1. The van der Waals surface area contributed by atoms with Crippen LogP contribution in [-0.2, 0) is 11.2 Å². The Morgan fingerprint density at radius 2 is 2.17 bits per heavy atom. The van der Waals surface area contributed by atoms with Crippen LogP contribution in [0.3, 0.4) is 0 Å². The lowest BCUT2D eigenvalue weighted by Gasteiger charge is -2.21. The van der Waals surface area contributed by atoms with Crippen LogP contribution in [0.25, 0.3) is 10.9 Å². The van der Waals surface area contributed by atoms with E-state index in [1.807, 2.05) is 18.2 Å². The molecule has 0 radical (unpaired) electrons. The van der Waals surface area contributed by atoms with Gasteiger partial charge in [0, 0.05) is 32.0 Å². The molecule has 0 saturated carbocycles. The first kappa shape index (κ1) is 16.1. The molecule has 1 aromatic carbocycles. The minimum absolute atomic E-state index is 0.457. The first-order chi connectivity index (χ1) is 11.3. The number of rotatable bonds is 7. The molecule has 1 saturated heterocycles. The Bertz CT molecular complexity index is 640. The molecule has 124 valence electrons. The van der Waals surface area contributed by atoms with Gasteiger partial charge >= 0.3 is 0 Å². The number of nitrogens with zero attached hydrogens (tertiary/aromatic N) is 3. The zero-order valence-electron chi connectivity index (χ0n) is 13.9. The lowest BCUT2D eigenvalue weighted by Crippen LogP contribution is -2.22. The quantitative estimate of drug-likeness (QED) is 0.851. The van der Waals surface area contributed by atoms with Gasteiger partial charge in [-0.1, -0.05) is 12.1 Å². The van der Waals surface area contributed by atoms with Gasteiger partial charge in [0.1, 0.15) is 11.6 Å². The van der Waals surface area contributed by atoms with E-state index in [4.69, 9.17) is 15.5 Å². The molecule has 1 fully saturated rings. The second-order valence-corrected chi connectivity index (χ2v) is 6.22. The van der Waals surface area contributed by atoms with Crippen molar-refractivity contribution in [2.45, 2.75) is 38.2 Å². The molecule has 0 bridgehead atoms. The molecular weight excluding hydrogens is 288 g/mol. The van der Waals surface area contributed by atoms with Crippen LogP contribution in [0.1, 0.15) is 31.5 Å². The van der Waals surface area contributed by atoms with Crippen LogP contribution in [0.4, 0.5) is 5.82 Å². The number of para-hydroxylation sites is 1. The summed E-state index contributed by atoms with van der Waals surface area (Å²) in [6, 6.07) is 8.19. The van der Waals surface area contributed by atoms with Gasteiger partial charge in [-0.2, -0.15) is 0 Å². The molecule has 1 atom stereocenters. The highest BCUT2D eigenvalue weighted by molar-refractivity contribution is 5.89. The summed E-state index contributed by atoms with van der Waals surface area (Å²) >= 11 is 0. The van der Waals surface area contributed by atoms with Crippen LogP contribution in [0.15, 0.2) is 24.3 Å². The van der Waals surface area contributed by atoms with Gasteiger partial charge in [0.25, 0.3) is 0 Å². The van der Waals surface area contributed by atoms with Crippen molar-refractivity contribution in [2.24, 2.45) is 5.73 Å². The summed E-state index contributed by atoms with van der Waals surface area (Å²) in [6.07, 6.45) is 5.83. The predicted molar refractivity (Wildman–Crippen MR) is 93.8 cm³/mol. The minimum Gasteiger partial charge on any atom is -0.378 e. The van der Waals surface area contributed by atoms with Crippen LogP contribution < -0.4 is 10.6 Å². The van der Waals surface area contributed by atoms with E-state index in [1.54, 1.807) is 0 Å². The average Bonchev–Trinajstić information content (AvgIpc) is 3.07. The fraction of sp³-hybridized carbons (Fsp3) is 0.556. The Morgan fingerprint density at radius 3 is 2.96 bits per heavy atom. The van der Waals surface area contributed by atoms with E-state index in [2.05, 4.69) is 23.0 Å². The minimum atomic E-state index is 0.457. The second kappa shape index (κ2) is 7.70. The van der Waals surface area contributed by atoms with Crippen molar-refractivity contribution in [3.05, 3.63) is 30.1 Å². The third-order valence-corrected chi connectivity index (χ3v) is 4.40. The zero-order valence-corrected chi connectivity index (χ0v) is 13.9. The molecule has 0 amide bonds. The standard InChI is InChI=1S/C18H26N4O/c1-22(12-4-6-14-7-5-13-23-14)18-15-8-2-3-9-16(15)20-17(21-18)10-11-19/h2-3,8-9,14H,4-7,10-13,19H2,1H3. The van der Waals surface area contributed by atoms with Crippen LogP contribution >= 0.6 is 0 Å². The Labute approximate surface area is 137 Å². The number of fused-ring (bicyclic) bond motifs is 1. The summed E-state index contributed by atoms with van der Waals surface area (Å²) in [4.78, 5) is 11.6. The molecule has 5 heteroatoms. The van der Waals surface area contributed by atoms with Gasteiger partial charge in [-0.25, -0.2) is 9.97 Å². The van der Waals surface area contributed by atoms with Crippen LogP contribution in [0.2, 0.25) is 0 Å². The van der Waals surface area contributed by atoms with Gasteiger partial charge in [-0.15, -0.1) is 0 Å². The molecule has 23 heavy (non-hydrogen) atoms. The van der Waals surface area contributed by atoms with E-state index >= 15 is 0 Å². The lowest BCUT2D eigenvalue weighted by molar-refractivity contribution is 0.103. The van der Waals surface area contributed by atoms with E-state index in [-0.39, 0.29) is 0 Å². The first-order valence-corrected chi connectivity index (χ1v) is 8.56. The zero-order chi connectivity index (χ0) is 16.1. The Morgan fingerprint density at radius 1 is 1.30 bits per heavy atom. The smallest absolute Gasteiger partial charge is 0.139 e. The number of benzene rings is 1. The van der Waals surface area contributed by atoms with Crippen LogP contribution in [0.5, 0.6) is 0 Å². The largest absolute Gasteiger partial charge is 0.378 e. The summed E-state index contributed by atoms with van der Waals surface area (Å²) in [5.41, 5.74) is 6.67. The fourth-order valence-corrected chi connectivity index (χ4v) is 3.17. The maximum absolute atomic E-state index is 5.70. The van der Waals surface area contributed by atoms with E-state index < -0.39 is 0 Å². The number of aromatic nitrogens is 2. The molecule has 1 aliphatic heterocycles. The number of nitrogens with two attached hydrogens (primary N) is 1. The van der Waals surface area contributed by atoms with Gasteiger partial charge in [-0.3, -0.25) is 0 Å². The van der Waals surface area contributed by atoms with Gasteiger partial charge in [-0.05, 0) is 44.4 Å². The maximum atomic E-state index is 5.70. The highest BCUT2D eigenvalue weighted by Crippen LogP contribution is 2.24. The predicted octanol–water partition coefficient (Wildman–Crippen LogP) is 2.53. The normalized spacial score (nSPS) is 17.7. The summed E-state index contributed by atoms with van der Waals surface area (Å²) in [5.74, 6) is 1.83. The molecular formula is C18H26N4O. The molecule has 2 heterocycles. The summed E-state index contributed by atoms with van der Waals surface area (Å²) in [5, 5.41) is 1.10. The number of hydrogen-bond donors (Lipinski definition) is 1. The van der Waals surface area contributed by atoms with Crippen molar-refractivity contribution in [1.29, 1.82) is 0 Å². The van der Waals surface area contributed by atoms with Crippen molar-refractivity contribution < 1.29 is 4.74 Å². The molecule has 0 aliphatic carbocycles. The molecule has 1 aromatic heterocycles. The Hall–Kier alpha value is -1.72. The second-order valence-electron chi connectivity index (χ2n) is 6.22. The highest BCUT2D eigenvalue weighted by atomic mass is 16.5. The molecule has 1 aliphatic rings. The van der Waals surface area contributed by atoms with Gasteiger partial charge in [0.2, 0.25) is 0 Å². The Kier molecular flexibility index (Phi) is 5.41. The van der Waals surface area contributed by atoms with Crippen molar-refractivity contribution >= 4 is 16.7 Å². The van der Waals surface area contributed by atoms with E-state index in [1.165, 1.54) is 12.8 Å². The SMILES string of the molecule is CN(CCCC1CCCO1)c1nc(CCN)nc2ccccc12. The molecule has 2 aromatic rings. The number of hydrogen-bond acceptors (Lipinski definition) is 5. The summed E-state index contributed by atoms with van der Waals surface area (Å²) in [6.45, 7) is 2.48. The summed E-state index contributed by atoms with van der Waals surface area (Å²) in [7, 11) is 2.11. The third kappa shape index (κ3) is 3.98. The van der Waals surface area contributed by atoms with Crippen LogP contribution in [-0.4, -0.2) is 42.8 Å². The third-order valence-electron chi connectivity index (χ3n) is 4.40. The molecule has 5 nitrogen and oxygen atoms in total. The molecule has 0 spiro atoms. The van der Waals surface area contributed by atoms with E-state index in [0.29, 0.717) is 19.1 Å². The Balaban J connectivity index is 1.73. The molecule has 2 N–H and O–H groups in total. The monoisotopic (exact) mass is 314 g/mol. The lowest BCUT2D eigenvalue weighted by atomic mass is 10.1. The fourth-order valence-electron chi connectivity index (χ4n) is 3.17. The van der Waals surface area contributed by atoms with Gasteiger partial charge < -0.3 is 15.4 Å². The summed E-state index contributed by atoms with van der Waals surface area (Å²) < 4.78 is 5.70. The van der Waals surface area contributed by atoms with Crippen molar-refractivity contribution in [3.8, 4) is 0 Å². The van der Waals surface area contributed by atoms with E-state index in [9.17, 15) is 0 Å². The maximum Gasteiger partial charge on any atom is 0.139 e. The number of ether oxygens (including phenoxy) is 1. The van der Waals surface area contributed by atoms with Crippen molar-refractivity contribution in [3.63, 3.8) is 0 Å². The van der Waals surface area contributed by atoms with E-state index in [0.717, 1.165) is 48.5 Å². The molecule has 1 unspecified atom stereocenters. The topological polar surface area (TPSA) is 64.3 Å². The average molecular weight is 314 g/mol. The van der Waals surface area contributed by atoms with Crippen molar-refractivity contribution in [1.82, 2.24) is 9.97 Å². The van der Waals surface area contributed by atoms with Gasteiger partial charge in [0.15, 0.2) is 0 Å². The van der Waals surface area contributed by atoms with Gasteiger partial charge in [0.05, 0.1) is 11.6 Å². The van der Waals surface area contributed by atoms with Crippen molar-refractivity contribution in [2.75, 3.05) is 31.6 Å².